The molecule has 2 rings (SSSR count). The number of rotatable bonds is 3. The zero-order valence-corrected chi connectivity index (χ0v) is 10.8. The van der Waals surface area contributed by atoms with Gasteiger partial charge >= 0.3 is 6.03 Å². The highest BCUT2D eigenvalue weighted by atomic mass is 16.5. The van der Waals surface area contributed by atoms with E-state index in [1.165, 1.54) is 0 Å². The van der Waals surface area contributed by atoms with E-state index in [1.807, 2.05) is 36.4 Å². The molecule has 0 saturated carbocycles. The van der Waals surface area contributed by atoms with Crippen LogP contribution in [0, 0.1) is 0 Å². The SMILES string of the molecule is COc1ccc2cc(C(C)=NNC(N)=O)ccc2c1. The van der Waals surface area contributed by atoms with Gasteiger partial charge in [0.25, 0.3) is 0 Å². The Labute approximate surface area is 111 Å². The minimum atomic E-state index is -0.676. The van der Waals surface area contributed by atoms with E-state index in [1.54, 1.807) is 14.0 Å². The Balaban J connectivity index is 2.36. The molecule has 0 aliphatic rings. The highest BCUT2D eigenvalue weighted by Gasteiger charge is 2.02. The molecule has 2 aromatic rings. The van der Waals surface area contributed by atoms with Gasteiger partial charge in [-0.25, -0.2) is 10.2 Å². The summed E-state index contributed by atoms with van der Waals surface area (Å²) in [5.74, 6) is 0.820. The molecule has 19 heavy (non-hydrogen) atoms. The number of hydrogen-bond donors (Lipinski definition) is 2. The highest BCUT2D eigenvalue weighted by molar-refractivity contribution is 6.02. The number of nitrogens with zero attached hydrogens (tertiary/aromatic N) is 1. The molecule has 0 aromatic heterocycles. The molecule has 0 bridgehead atoms. The average molecular weight is 257 g/mol. The number of nitrogens with two attached hydrogens (primary N) is 1. The molecular weight excluding hydrogens is 242 g/mol. The van der Waals surface area contributed by atoms with Crippen LogP contribution in [-0.4, -0.2) is 18.9 Å². The molecule has 0 heterocycles. The smallest absolute Gasteiger partial charge is 0.332 e. The number of nitrogens with one attached hydrogen (secondary N) is 1. The van der Waals surface area contributed by atoms with Crippen LogP contribution in [0.1, 0.15) is 12.5 Å². The number of ether oxygens (including phenoxy) is 1. The van der Waals surface area contributed by atoms with Gasteiger partial charge in [-0.2, -0.15) is 5.10 Å². The highest BCUT2D eigenvalue weighted by Crippen LogP contribution is 2.22. The maximum atomic E-state index is 10.6. The van der Waals surface area contributed by atoms with Crippen molar-refractivity contribution in [2.24, 2.45) is 10.8 Å². The molecule has 3 N–H and O–H groups in total. The summed E-state index contributed by atoms with van der Waals surface area (Å²) in [6.07, 6.45) is 0. The number of carbonyl (C=O) groups is 1. The van der Waals surface area contributed by atoms with Gasteiger partial charge in [0, 0.05) is 0 Å². The van der Waals surface area contributed by atoms with E-state index >= 15 is 0 Å². The summed E-state index contributed by atoms with van der Waals surface area (Å²) in [5.41, 5.74) is 8.80. The molecule has 0 saturated heterocycles. The van der Waals surface area contributed by atoms with Crippen molar-refractivity contribution >= 4 is 22.5 Å². The molecule has 0 aliphatic carbocycles. The molecule has 0 radical (unpaired) electrons. The Morgan fingerprint density at radius 3 is 2.58 bits per heavy atom. The third-order valence-corrected chi connectivity index (χ3v) is 2.80. The van der Waals surface area contributed by atoms with E-state index in [0.29, 0.717) is 5.71 Å². The Morgan fingerprint density at radius 2 is 1.89 bits per heavy atom. The number of carbonyl (C=O) groups excluding carboxylic acids is 1. The fraction of sp³-hybridized carbons (Fsp3) is 0.143. The number of amides is 2. The van der Waals surface area contributed by atoms with Gasteiger partial charge < -0.3 is 10.5 Å². The van der Waals surface area contributed by atoms with Crippen LogP contribution in [0.15, 0.2) is 41.5 Å². The number of benzene rings is 2. The molecule has 98 valence electrons. The number of hydrogen-bond acceptors (Lipinski definition) is 3. The van der Waals surface area contributed by atoms with Gasteiger partial charge in [-0.05, 0) is 41.5 Å². The lowest BCUT2D eigenvalue weighted by Gasteiger charge is -2.05. The van der Waals surface area contributed by atoms with Crippen LogP contribution in [0.2, 0.25) is 0 Å². The van der Waals surface area contributed by atoms with Gasteiger partial charge in [-0.1, -0.05) is 18.2 Å². The number of hydrazone groups is 1. The summed E-state index contributed by atoms with van der Waals surface area (Å²) in [5, 5.41) is 6.06. The van der Waals surface area contributed by atoms with Gasteiger partial charge in [-0.3, -0.25) is 0 Å². The van der Waals surface area contributed by atoms with Gasteiger partial charge in [0.2, 0.25) is 0 Å². The van der Waals surface area contributed by atoms with Crippen molar-refractivity contribution < 1.29 is 9.53 Å². The molecule has 5 nitrogen and oxygen atoms in total. The van der Waals surface area contributed by atoms with E-state index in [9.17, 15) is 4.79 Å². The zero-order chi connectivity index (χ0) is 13.8. The summed E-state index contributed by atoms with van der Waals surface area (Å²) >= 11 is 0. The maximum Gasteiger partial charge on any atom is 0.332 e. The summed E-state index contributed by atoms with van der Waals surface area (Å²) in [6, 6.07) is 11.1. The first-order valence-electron chi connectivity index (χ1n) is 5.78. The van der Waals surface area contributed by atoms with Crippen LogP contribution >= 0.6 is 0 Å². The molecule has 2 aromatic carbocycles. The van der Waals surface area contributed by atoms with Gasteiger partial charge in [0.1, 0.15) is 5.75 Å². The molecule has 0 aliphatic heterocycles. The summed E-state index contributed by atoms with van der Waals surface area (Å²) < 4.78 is 5.18. The van der Waals surface area contributed by atoms with Crippen LogP contribution < -0.4 is 15.9 Å². The molecular formula is C14H15N3O2. The predicted molar refractivity (Wildman–Crippen MR) is 75.4 cm³/mol. The number of methoxy groups -OCH3 is 1. The zero-order valence-electron chi connectivity index (χ0n) is 10.8. The molecule has 0 spiro atoms. The topological polar surface area (TPSA) is 76.7 Å². The largest absolute Gasteiger partial charge is 0.497 e. The maximum absolute atomic E-state index is 10.6. The molecule has 2 amide bonds. The Bertz CT molecular complexity index is 650. The first-order chi connectivity index (χ1) is 9.10. The van der Waals surface area contributed by atoms with Crippen LogP contribution in [0.3, 0.4) is 0 Å². The van der Waals surface area contributed by atoms with Gasteiger partial charge in [0.05, 0.1) is 12.8 Å². The van der Waals surface area contributed by atoms with Crippen molar-refractivity contribution in [3.05, 3.63) is 42.0 Å². The Morgan fingerprint density at radius 1 is 1.21 bits per heavy atom. The van der Waals surface area contributed by atoms with E-state index < -0.39 is 6.03 Å². The van der Waals surface area contributed by atoms with Crippen LogP contribution in [0.5, 0.6) is 5.75 Å². The van der Waals surface area contributed by atoms with Crippen molar-refractivity contribution in [3.8, 4) is 5.75 Å². The van der Waals surface area contributed by atoms with Crippen LogP contribution in [-0.2, 0) is 0 Å². The van der Waals surface area contributed by atoms with Crippen LogP contribution in [0.25, 0.3) is 10.8 Å². The Kier molecular flexibility index (Phi) is 3.66. The monoisotopic (exact) mass is 257 g/mol. The van der Waals surface area contributed by atoms with E-state index in [4.69, 9.17) is 10.5 Å². The lowest BCUT2D eigenvalue weighted by molar-refractivity contribution is 0.249. The molecule has 0 atom stereocenters. The van der Waals surface area contributed by atoms with E-state index in [0.717, 1.165) is 22.1 Å². The second-order valence-corrected chi connectivity index (χ2v) is 4.10. The van der Waals surface area contributed by atoms with Crippen molar-refractivity contribution in [1.29, 1.82) is 0 Å². The normalized spacial score (nSPS) is 11.4. The van der Waals surface area contributed by atoms with Crippen molar-refractivity contribution in [2.75, 3.05) is 7.11 Å². The fourth-order valence-electron chi connectivity index (χ4n) is 1.78. The van der Waals surface area contributed by atoms with E-state index in [2.05, 4.69) is 10.5 Å². The fourth-order valence-corrected chi connectivity index (χ4v) is 1.78. The second-order valence-electron chi connectivity index (χ2n) is 4.10. The van der Waals surface area contributed by atoms with Crippen molar-refractivity contribution in [2.45, 2.75) is 6.92 Å². The first kappa shape index (κ1) is 12.9. The number of urea groups is 1. The van der Waals surface area contributed by atoms with E-state index in [-0.39, 0.29) is 0 Å². The summed E-state index contributed by atoms with van der Waals surface area (Å²) in [7, 11) is 1.64. The molecule has 5 heteroatoms. The third-order valence-electron chi connectivity index (χ3n) is 2.80. The van der Waals surface area contributed by atoms with Gasteiger partial charge in [0.15, 0.2) is 0 Å². The van der Waals surface area contributed by atoms with Crippen LogP contribution in [0.4, 0.5) is 4.79 Å². The summed E-state index contributed by atoms with van der Waals surface area (Å²) in [6.45, 7) is 1.81. The third kappa shape index (κ3) is 3.01. The quantitative estimate of drug-likeness (QED) is 0.653. The second kappa shape index (κ2) is 5.39. The lowest BCUT2D eigenvalue weighted by Crippen LogP contribution is -2.25. The summed E-state index contributed by atoms with van der Waals surface area (Å²) in [4.78, 5) is 10.6. The number of primary amides is 1. The predicted octanol–water partition coefficient (Wildman–Crippen LogP) is 2.24. The molecule has 0 unspecified atom stereocenters. The minimum Gasteiger partial charge on any atom is -0.497 e. The Hall–Kier alpha value is -2.56. The van der Waals surface area contributed by atoms with Crippen molar-refractivity contribution in [1.82, 2.24) is 5.43 Å². The molecule has 0 fully saturated rings. The lowest BCUT2D eigenvalue weighted by atomic mass is 10.0. The van der Waals surface area contributed by atoms with Gasteiger partial charge in [-0.15, -0.1) is 0 Å². The minimum absolute atomic E-state index is 0.676. The van der Waals surface area contributed by atoms with Crippen molar-refractivity contribution in [3.63, 3.8) is 0 Å². The number of fused-ring (bicyclic) bond motifs is 1. The standard InChI is InChI=1S/C14H15N3O2/c1-9(16-17-14(15)18)10-3-4-12-8-13(19-2)6-5-11(12)7-10/h3-8H,1-2H3,(H3,15,17,18). The first-order valence-corrected chi connectivity index (χ1v) is 5.78. The average Bonchev–Trinajstić information content (AvgIpc) is 2.43.